The lowest BCUT2D eigenvalue weighted by Gasteiger charge is -2.30. The van der Waals surface area contributed by atoms with Crippen LogP contribution in [0.15, 0.2) is 30.3 Å². The molecule has 0 saturated heterocycles. The summed E-state index contributed by atoms with van der Waals surface area (Å²) >= 11 is 0. The van der Waals surface area contributed by atoms with Crippen molar-refractivity contribution < 1.29 is 9.53 Å². The van der Waals surface area contributed by atoms with Crippen LogP contribution >= 0.6 is 0 Å². The van der Waals surface area contributed by atoms with E-state index in [9.17, 15) is 4.79 Å². The highest BCUT2D eigenvalue weighted by molar-refractivity contribution is 5.66. The number of rotatable bonds is 3. The number of esters is 1. The van der Waals surface area contributed by atoms with E-state index in [0.29, 0.717) is 5.92 Å². The Balaban J connectivity index is 0.000000704. The van der Waals surface area contributed by atoms with E-state index in [-0.39, 0.29) is 12.1 Å². The van der Waals surface area contributed by atoms with E-state index in [1.807, 2.05) is 18.2 Å². The zero-order chi connectivity index (χ0) is 17.5. The van der Waals surface area contributed by atoms with Crippen molar-refractivity contribution in [3.05, 3.63) is 35.9 Å². The van der Waals surface area contributed by atoms with Crippen LogP contribution in [-0.4, -0.2) is 5.97 Å². The van der Waals surface area contributed by atoms with Crippen LogP contribution in [0.2, 0.25) is 0 Å². The number of ether oxygens (including phenoxy) is 1. The fraction of sp³-hybridized carbons (Fsp3) is 0.667. The fourth-order valence-electron chi connectivity index (χ4n) is 2.69. The molecule has 132 valence electrons. The average molecular weight is 321 g/mol. The van der Waals surface area contributed by atoms with Gasteiger partial charge in [-0.3, -0.25) is 4.79 Å². The Morgan fingerprint density at radius 1 is 1.00 bits per heavy atom. The molecule has 0 heterocycles. The van der Waals surface area contributed by atoms with Crippen molar-refractivity contribution in [2.24, 2.45) is 5.92 Å². The minimum Gasteiger partial charge on any atom is -0.457 e. The lowest BCUT2D eigenvalue weighted by molar-refractivity contribution is -0.150. The normalized spacial score (nSPS) is 15.3. The van der Waals surface area contributed by atoms with Gasteiger partial charge in [-0.25, -0.2) is 0 Å². The minimum atomic E-state index is -0.176. The van der Waals surface area contributed by atoms with E-state index >= 15 is 0 Å². The second-order valence-electron chi connectivity index (χ2n) is 6.25. The van der Waals surface area contributed by atoms with Crippen LogP contribution < -0.4 is 0 Å². The van der Waals surface area contributed by atoms with E-state index in [4.69, 9.17) is 4.74 Å². The third-order valence-corrected chi connectivity index (χ3v) is 3.50. The number of hydrogen-bond donors (Lipinski definition) is 0. The molecule has 0 N–H and O–H groups in total. The molecule has 1 unspecified atom stereocenters. The average Bonchev–Trinajstić information content (AvgIpc) is 2.56. The molecule has 0 spiro atoms. The number of carbonyl (C=O) groups is 1. The Hall–Kier alpha value is -1.31. The molecule has 0 aliphatic heterocycles. The van der Waals surface area contributed by atoms with Gasteiger partial charge in [0.15, 0.2) is 0 Å². The van der Waals surface area contributed by atoms with Crippen LogP contribution in [0.4, 0.5) is 0 Å². The summed E-state index contributed by atoms with van der Waals surface area (Å²) in [6.07, 6.45) is 8.64. The third-order valence-electron chi connectivity index (χ3n) is 3.50. The molecule has 1 aliphatic carbocycles. The third kappa shape index (κ3) is 10.1. The summed E-state index contributed by atoms with van der Waals surface area (Å²) in [5, 5.41) is 0. The summed E-state index contributed by atoms with van der Waals surface area (Å²) < 4.78 is 5.54. The minimum absolute atomic E-state index is 0.0472. The van der Waals surface area contributed by atoms with Gasteiger partial charge in [0.25, 0.3) is 0 Å². The first-order valence-corrected chi connectivity index (χ1v) is 9.32. The zero-order valence-corrected chi connectivity index (χ0v) is 15.8. The number of carbonyl (C=O) groups excluding carboxylic acids is 1. The van der Waals surface area contributed by atoms with Crippen LogP contribution in [-0.2, 0) is 9.53 Å². The van der Waals surface area contributed by atoms with Gasteiger partial charge in [0, 0.05) is 12.8 Å². The monoisotopic (exact) mass is 320 g/mol. The summed E-state index contributed by atoms with van der Waals surface area (Å²) in [5.74, 6) is 0.319. The summed E-state index contributed by atoms with van der Waals surface area (Å²) in [5.41, 5.74) is 1.13. The lowest BCUT2D eigenvalue weighted by Crippen LogP contribution is -2.20. The molecule has 2 heteroatoms. The van der Waals surface area contributed by atoms with Crippen LogP contribution in [0, 0.1) is 5.92 Å². The molecule has 1 atom stereocenters. The zero-order valence-electron chi connectivity index (χ0n) is 15.8. The Labute approximate surface area is 143 Å². The van der Waals surface area contributed by atoms with Crippen molar-refractivity contribution in [1.82, 2.24) is 0 Å². The molecule has 0 aromatic heterocycles. The van der Waals surface area contributed by atoms with E-state index in [1.165, 1.54) is 51.9 Å². The first-order valence-electron chi connectivity index (χ1n) is 9.32. The molecule has 2 nitrogen and oxygen atoms in total. The van der Waals surface area contributed by atoms with Crippen molar-refractivity contribution in [3.63, 3.8) is 0 Å². The molecule has 23 heavy (non-hydrogen) atoms. The molecule has 1 aliphatic rings. The molecule has 1 fully saturated rings. The lowest BCUT2D eigenvalue weighted by atomic mass is 9.82. The van der Waals surface area contributed by atoms with E-state index in [0.717, 1.165) is 5.56 Å². The van der Waals surface area contributed by atoms with Gasteiger partial charge in [0.2, 0.25) is 0 Å². The van der Waals surface area contributed by atoms with Crippen LogP contribution in [0.5, 0.6) is 0 Å². The molecule has 2 rings (SSSR count). The first kappa shape index (κ1) is 21.7. The van der Waals surface area contributed by atoms with Gasteiger partial charge in [-0.15, -0.1) is 0 Å². The molecular weight excluding hydrogens is 284 g/mol. The second-order valence-corrected chi connectivity index (χ2v) is 6.25. The Bertz CT molecular complexity index is 378. The van der Waals surface area contributed by atoms with Crippen molar-refractivity contribution in [2.45, 2.75) is 85.7 Å². The van der Waals surface area contributed by atoms with Crippen LogP contribution in [0.3, 0.4) is 0 Å². The maximum absolute atomic E-state index is 11.2. The Kier molecular flexibility index (Phi) is 13.5. The van der Waals surface area contributed by atoms with Crippen molar-refractivity contribution in [1.29, 1.82) is 0 Å². The highest BCUT2D eigenvalue weighted by Crippen LogP contribution is 2.36. The number of hydrogen-bond acceptors (Lipinski definition) is 2. The van der Waals surface area contributed by atoms with Crippen molar-refractivity contribution in [3.8, 4) is 0 Å². The highest BCUT2D eigenvalue weighted by atomic mass is 16.5. The van der Waals surface area contributed by atoms with Gasteiger partial charge in [-0.2, -0.15) is 0 Å². The molecule has 1 aromatic rings. The van der Waals surface area contributed by atoms with Crippen molar-refractivity contribution >= 4 is 5.97 Å². The standard InChI is InChI=1S/C15H20O2.2C3H8/c1-12(16)17-15(13-8-4-2-5-9-13)14-10-6-3-7-11-14;2*1-3-2/h2,4-5,8-9,14-15H,3,6-7,10-11H2,1H3;2*3H2,1-2H3. The molecule has 1 aromatic carbocycles. The van der Waals surface area contributed by atoms with E-state index in [2.05, 4.69) is 39.8 Å². The Morgan fingerprint density at radius 3 is 1.91 bits per heavy atom. The smallest absolute Gasteiger partial charge is 0.303 e. The molecule has 1 saturated carbocycles. The molecule has 0 bridgehead atoms. The maximum Gasteiger partial charge on any atom is 0.303 e. The largest absolute Gasteiger partial charge is 0.457 e. The highest BCUT2D eigenvalue weighted by Gasteiger charge is 2.27. The summed E-state index contributed by atoms with van der Waals surface area (Å²) in [7, 11) is 0. The molecular formula is C21H36O2. The van der Waals surface area contributed by atoms with Gasteiger partial charge in [-0.05, 0) is 18.4 Å². The second kappa shape index (κ2) is 14.3. The Morgan fingerprint density at radius 2 is 1.48 bits per heavy atom. The predicted molar refractivity (Wildman–Crippen MR) is 99.5 cm³/mol. The van der Waals surface area contributed by atoms with Gasteiger partial charge in [-0.1, -0.05) is 90.1 Å². The van der Waals surface area contributed by atoms with Gasteiger partial charge in [0.1, 0.15) is 6.10 Å². The SMILES string of the molecule is CC(=O)OC(c1ccccc1)C1CCCCC1.CCC.CCC. The molecule has 0 amide bonds. The quantitative estimate of drug-likeness (QED) is 0.579. The van der Waals surface area contributed by atoms with Gasteiger partial charge >= 0.3 is 5.97 Å². The van der Waals surface area contributed by atoms with Gasteiger partial charge in [0.05, 0.1) is 0 Å². The van der Waals surface area contributed by atoms with E-state index < -0.39 is 0 Å². The topological polar surface area (TPSA) is 26.3 Å². The predicted octanol–water partition coefficient (Wildman–Crippen LogP) is 6.70. The maximum atomic E-state index is 11.2. The summed E-state index contributed by atoms with van der Waals surface area (Å²) in [6, 6.07) is 10.1. The molecule has 0 radical (unpaired) electrons. The summed E-state index contributed by atoms with van der Waals surface area (Å²) in [4.78, 5) is 11.2. The summed E-state index contributed by atoms with van der Waals surface area (Å²) in [6.45, 7) is 10.00. The fourth-order valence-corrected chi connectivity index (χ4v) is 2.69. The van der Waals surface area contributed by atoms with E-state index in [1.54, 1.807) is 0 Å². The van der Waals surface area contributed by atoms with Crippen LogP contribution in [0.1, 0.15) is 91.2 Å². The van der Waals surface area contributed by atoms with Crippen LogP contribution in [0.25, 0.3) is 0 Å². The van der Waals surface area contributed by atoms with Gasteiger partial charge < -0.3 is 4.74 Å². The first-order chi connectivity index (χ1) is 11.1. The van der Waals surface area contributed by atoms with Crippen molar-refractivity contribution in [2.75, 3.05) is 0 Å². The number of benzene rings is 1.